The number of alkyl halides is 1. The predicted octanol–water partition coefficient (Wildman–Crippen LogP) is 1.62. The number of piperidine rings is 1. The zero-order chi connectivity index (χ0) is 13.0. The van der Waals surface area contributed by atoms with E-state index in [4.69, 9.17) is 11.6 Å². The number of hydrogen-bond donors (Lipinski definition) is 0. The van der Waals surface area contributed by atoms with Gasteiger partial charge in [-0.2, -0.15) is 0 Å². The standard InChI is InChI=1S/C13H21ClN4/c1-3-18-12-4-13(18)9-17(8-12)7-11(5-15-2)6-16-10-14/h5-6,12-13H,2-4,7-10H2,1H3/b11-5+,16-6?. The van der Waals surface area contributed by atoms with Crippen LogP contribution in [-0.2, 0) is 0 Å². The summed E-state index contributed by atoms with van der Waals surface area (Å²) in [5.41, 5.74) is 1.08. The molecule has 0 saturated carbocycles. The van der Waals surface area contributed by atoms with Gasteiger partial charge in [-0.25, -0.2) is 0 Å². The predicted molar refractivity (Wildman–Crippen MR) is 77.9 cm³/mol. The van der Waals surface area contributed by atoms with Crippen LogP contribution in [0.3, 0.4) is 0 Å². The fraction of sp³-hybridized carbons (Fsp3) is 0.692. The van der Waals surface area contributed by atoms with E-state index < -0.39 is 0 Å². The van der Waals surface area contributed by atoms with Gasteiger partial charge in [0.2, 0.25) is 0 Å². The lowest BCUT2D eigenvalue weighted by Crippen LogP contribution is -2.68. The van der Waals surface area contributed by atoms with Crippen molar-refractivity contribution in [3.8, 4) is 0 Å². The Morgan fingerprint density at radius 2 is 2.17 bits per heavy atom. The van der Waals surface area contributed by atoms with E-state index in [1.54, 1.807) is 12.4 Å². The summed E-state index contributed by atoms with van der Waals surface area (Å²) in [6.45, 7) is 10.1. The normalized spacial score (nSPS) is 29.6. The molecule has 18 heavy (non-hydrogen) atoms. The third kappa shape index (κ3) is 2.99. The summed E-state index contributed by atoms with van der Waals surface area (Å²) in [6, 6.07) is 1.79. The van der Waals surface area contributed by atoms with Gasteiger partial charge in [-0.05, 0) is 19.7 Å². The van der Waals surface area contributed by atoms with Gasteiger partial charge >= 0.3 is 0 Å². The van der Waals surface area contributed by atoms with Crippen LogP contribution in [0.1, 0.15) is 13.3 Å². The van der Waals surface area contributed by atoms with Crippen LogP contribution < -0.4 is 0 Å². The van der Waals surface area contributed by atoms with E-state index in [2.05, 4.69) is 33.4 Å². The Kier molecular flexibility index (Phi) is 4.92. The van der Waals surface area contributed by atoms with Crippen LogP contribution in [-0.4, -0.2) is 67.0 Å². The molecule has 4 nitrogen and oxygen atoms in total. The Balaban J connectivity index is 1.88. The summed E-state index contributed by atoms with van der Waals surface area (Å²) in [5, 5.41) is 0. The molecule has 0 radical (unpaired) electrons. The summed E-state index contributed by atoms with van der Waals surface area (Å²) in [7, 11) is 0. The van der Waals surface area contributed by atoms with Crippen molar-refractivity contribution in [2.45, 2.75) is 25.4 Å². The van der Waals surface area contributed by atoms with E-state index in [9.17, 15) is 0 Å². The molecule has 0 amide bonds. The number of hydrogen-bond acceptors (Lipinski definition) is 4. The number of fused-ring (bicyclic) bond motifs is 2. The Labute approximate surface area is 114 Å². The molecule has 0 aliphatic carbocycles. The van der Waals surface area contributed by atoms with Gasteiger partial charge in [0.25, 0.3) is 0 Å². The monoisotopic (exact) mass is 268 g/mol. The Morgan fingerprint density at radius 3 is 2.72 bits per heavy atom. The number of halogens is 1. The second-order valence-corrected chi connectivity index (χ2v) is 5.12. The van der Waals surface area contributed by atoms with E-state index >= 15 is 0 Å². The van der Waals surface area contributed by atoms with Gasteiger partial charge in [-0.1, -0.05) is 6.92 Å². The quantitative estimate of drug-likeness (QED) is 0.416. The summed E-state index contributed by atoms with van der Waals surface area (Å²) in [4.78, 5) is 13.0. The molecule has 0 aromatic heterocycles. The van der Waals surface area contributed by atoms with E-state index in [1.165, 1.54) is 13.0 Å². The van der Waals surface area contributed by atoms with Crippen molar-refractivity contribution in [3.63, 3.8) is 0 Å². The number of aliphatic imine (C=N–C) groups is 2. The van der Waals surface area contributed by atoms with Gasteiger partial charge in [-0.3, -0.25) is 19.8 Å². The highest BCUT2D eigenvalue weighted by molar-refractivity contribution is 6.18. The van der Waals surface area contributed by atoms with Gasteiger partial charge in [0.15, 0.2) is 0 Å². The first-order valence-corrected chi connectivity index (χ1v) is 7.00. The summed E-state index contributed by atoms with van der Waals surface area (Å²) in [5.74, 6) is 0. The second-order valence-electron chi connectivity index (χ2n) is 4.89. The van der Waals surface area contributed by atoms with Gasteiger partial charge in [-0.15, -0.1) is 11.6 Å². The van der Waals surface area contributed by atoms with Crippen LogP contribution in [0.4, 0.5) is 0 Å². The van der Waals surface area contributed by atoms with Gasteiger partial charge < -0.3 is 0 Å². The lowest BCUT2D eigenvalue weighted by Gasteiger charge is -2.56. The van der Waals surface area contributed by atoms with E-state index in [0.29, 0.717) is 6.00 Å². The SMILES string of the molecule is C=N/C=C(\C=NCCl)CN1CC2CC(C1)N2CC. The zero-order valence-electron chi connectivity index (χ0n) is 10.9. The Hall–Kier alpha value is -0.710. The number of nitrogens with zero attached hydrogens (tertiary/aromatic N) is 4. The van der Waals surface area contributed by atoms with Crippen LogP contribution >= 0.6 is 11.6 Å². The molecular formula is C13H21ClN4. The maximum absolute atomic E-state index is 5.57. The van der Waals surface area contributed by atoms with Crippen molar-refractivity contribution in [2.24, 2.45) is 9.98 Å². The molecule has 2 bridgehead atoms. The molecule has 2 atom stereocenters. The van der Waals surface area contributed by atoms with Crippen molar-refractivity contribution < 1.29 is 0 Å². The van der Waals surface area contributed by atoms with E-state index in [0.717, 1.165) is 37.3 Å². The highest BCUT2D eigenvalue weighted by atomic mass is 35.5. The number of piperazine rings is 1. The first kappa shape index (κ1) is 13.7. The minimum Gasteiger partial charge on any atom is -0.296 e. The molecule has 0 spiro atoms. The van der Waals surface area contributed by atoms with Crippen LogP contribution in [0.25, 0.3) is 0 Å². The lowest BCUT2D eigenvalue weighted by molar-refractivity contribution is -0.0619. The second kappa shape index (κ2) is 6.45. The van der Waals surface area contributed by atoms with E-state index in [-0.39, 0.29) is 0 Å². The van der Waals surface area contributed by atoms with E-state index in [1.807, 2.05) is 0 Å². The average molecular weight is 269 g/mol. The Morgan fingerprint density at radius 1 is 1.44 bits per heavy atom. The number of rotatable bonds is 6. The fourth-order valence-corrected chi connectivity index (χ4v) is 3.13. The fourth-order valence-electron chi connectivity index (χ4n) is 3.06. The van der Waals surface area contributed by atoms with Crippen LogP contribution in [0.15, 0.2) is 21.8 Å². The summed E-state index contributed by atoms with van der Waals surface area (Å²) < 4.78 is 0. The molecule has 3 aliphatic rings. The minimum atomic E-state index is 0.295. The molecule has 5 heteroatoms. The summed E-state index contributed by atoms with van der Waals surface area (Å²) in [6.07, 6.45) is 4.94. The molecule has 0 aromatic rings. The van der Waals surface area contributed by atoms with Gasteiger partial charge in [0.05, 0.1) is 0 Å². The first-order chi connectivity index (χ1) is 8.78. The molecule has 100 valence electrons. The average Bonchev–Trinajstić information content (AvgIpc) is 2.37. The largest absolute Gasteiger partial charge is 0.296 e. The molecule has 2 unspecified atom stereocenters. The number of likely N-dealkylation sites (N-methyl/N-ethyl adjacent to an activating group) is 1. The highest BCUT2D eigenvalue weighted by Gasteiger charge is 2.43. The minimum absolute atomic E-state index is 0.295. The molecular weight excluding hydrogens is 248 g/mol. The summed E-state index contributed by atoms with van der Waals surface area (Å²) >= 11 is 5.57. The molecule has 0 aromatic carbocycles. The van der Waals surface area contributed by atoms with Crippen LogP contribution in [0.2, 0.25) is 0 Å². The molecule has 3 aliphatic heterocycles. The molecule has 3 fully saturated rings. The third-order valence-corrected chi connectivity index (χ3v) is 3.91. The van der Waals surface area contributed by atoms with Crippen molar-refractivity contribution in [3.05, 3.63) is 11.8 Å². The Bertz CT molecular complexity index is 341. The smallest absolute Gasteiger partial charge is 0.113 e. The van der Waals surface area contributed by atoms with Crippen LogP contribution in [0.5, 0.6) is 0 Å². The third-order valence-electron chi connectivity index (χ3n) is 3.77. The highest BCUT2D eigenvalue weighted by Crippen LogP contribution is 2.31. The molecule has 3 heterocycles. The lowest BCUT2D eigenvalue weighted by atomic mass is 9.87. The van der Waals surface area contributed by atoms with Crippen molar-refractivity contribution >= 4 is 24.5 Å². The molecule has 0 N–H and O–H groups in total. The topological polar surface area (TPSA) is 31.2 Å². The van der Waals surface area contributed by atoms with Crippen molar-refractivity contribution in [1.82, 2.24) is 9.80 Å². The maximum atomic E-state index is 5.57. The van der Waals surface area contributed by atoms with Crippen molar-refractivity contribution in [1.29, 1.82) is 0 Å². The molecule has 3 rings (SSSR count). The maximum Gasteiger partial charge on any atom is 0.113 e. The first-order valence-electron chi connectivity index (χ1n) is 6.47. The van der Waals surface area contributed by atoms with Crippen molar-refractivity contribution in [2.75, 3.05) is 32.2 Å². The van der Waals surface area contributed by atoms with Crippen LogP contribution in [0, 0.1) is 0 Å². The molecule has 3 saturated heterocycles. The zero-order valence-corrected chi connectivity index (χ0v) is 11.7. The van der Waals surface area contributed by atoms with Gasteiger partial charge in [0, 0.05) is 49.7 Å². The van der Waals surface area contributed by atoms with Gasteiger partial charge in [0.1, 0.15) is 6.00 Å².